The maximum Gasteiger partial charge on any atom is 0.322 e. The van der Waals surface area contributed by atoms with Crippen LogP contribution in [0.1, 0.15) is 41.3 Å². The number of nitrogens with one attached hydrogen (secondary N) is 1. The van der Waals surface area contributed by atoms with Crippen molar-refractivity contribution in [3.8, 4) is 0 Å². The molecule has 3 heterocycles. The van der Waals surface area contributed by atoms with Crippen molar-refractivity contribution in [1.82, 2.24) is 19.9 Å². The lowest BCUT2D eigenvalue weighted by Gasteiger charge is -2.34. The molecule has 1 aliphatic carbocycles. The number of anilines is 1. The molecule has 0 radical (unpaired) electrons. The first-order chi connectivity index (χ1) is 13.7. The highest BCUT2D eigenvalue weighted by Crippen LogP contribution is 2.42. The van der Waals surface area contributed by atoms with E-state index in [1.54, 1.807) is 17.5 Å². The number of fused-ring (bicyclic) bond motifs is 1. The van der Waals surface area contributed by atoms with Crippen molar-refractivity contribution in [1.29, 1.82) is 0 Å². The molecule has 7 nitrogen and oxygen atoms in total. The van der Waals surface area contributed by atoms with E-state index in [1.807, 2.05) is 30.0 Å². The first-order valence-corrected chi connectivity index (χ1v) is 10.3. The number of morpholine rings is 1. The molecule has 8 heteroatoms. The second-order valence-corrected chi connectivity index (χ2v) is 8.29. The van der Waals surface area contributed by atoms with Gasteiger partial charge >= 0.3 is 6.03 Å². The molecule has 1 N–H and O–H groups in total. The van der Waals surface area contributed by atoms with Crippen molar-refractivity contribution in [3.63, 3.8) is 0 Å². The molecule has 3 aromatic rings. The third-order valence-corrected chi connectivity index (χ3v) is 6.27. The highest BCUT2D eigenvalue weighted by atomic mass is 32.1. The summed E-state index contributed by atoms with van der Waals surface area (Å²) >= 11 is 1.61. The van der Waals surface area contributed by atoms with Crippen LogP contribution in [0, 0.1) is 6.92 Å². The Morgan fingerprint density at radius 3 is 2.96 bits per heavy atom. The molecule has 1 saturated carbocycles. The number of hydrogen-bond acceptors (Lipinski definition) is 6. The van der Waals surface area contributed by atoms with Gasteiger partial charge < -0.3 is 15.0 Å². The quantitative estimate of drug-likeness (QED) is 0.728. The van der Waals surface area contributed by atoms with Crippen LogP contribution < -0.4 is 5.32 Å². The molecule has 2 aliphatic rings. The summed E-state index contributed by atoms with van der Waals surface area (Å²) in [5, 5.41) is 3.95. The van der Waals surface area contributed by atoms with E-state index in [-0.39, 0.29) is 12.1 Å². The number of thiazole rings is 1. The number of urea groups is 1. The van der Waals surface area contributed by atoms with Gasteiger partial charge in [-0.25, -0.2) is 19.7 Å². The van der Waals surface area contributed by atoms with Crippen LogP contribution in [0.5, 0.6) is 0 Å². The Hall–Kier alpha value is -2.58. The van der Waals surface area contributed by atoms with Gasteiger partial charge in [0.05, 0.1) is 41.0 Å². The molecule has 0 bridgehead atoms. The molecule has 2 amide bonds. The van der Waals surface area contributed by atoms with Crippen LogP contribution in [-0.4, -0.2) is 45.6 Å². The number of aryl methyl sites for hydroxylation is 1. The molecule has 28 heavy (non-hydrogen) atoms. The fraction of sp³-hybridized carbons (Fsp3) is 0.400. The van der Waals surface area contributed by atoms with Crippen LogP contribution in [-0.2, 0) is 4.74 Å². The Morgan fingerprint density at radius 2 is 2.14 bits per heavy atom. The minimum atomic E-state index is -0.193. The van der Waals surface area contributed by atoms with Crippen molar-refractivity contribution >= 4 is 33.3 Å². The Kier molecular flexibility index (Phi) is 4.44. The first kappa shape index (κ1) is 17.5. The summed E-state index contributed by atoms with van der Waals surface area (Å²) in [6, 6.07) is 7.68. The van der Waals surface area contributed by atoms with E-state index in [4.69, 9.17) is 9.72 Å². The monoisotopic (exact) mass is 395 g/mol. The smallest absolute Gasteiger partial charge is 0.322 e. The molecule has 1 aromatic carbocycles. The van der Waals surface area contributed by atoms with Gasteiger partial charge in [0.15, 0.2) is 0 Å². The SMILES string of the molecule is Cc1ncc(NC(=O)N2CCOCC2c2nc3ccccc3s2)c(C2CC2)n1. The van der Waals surface area contributed by atoms with E-state index >= 15 is 0 Å². The van der Waals surface area contributed by atoms with Crippen LogP contribution in [0.4, 0.5) is 10.5 Å². The van der Waals surface area contributed by atoms with Gasteiger partial charge in [0.25, 0.3) is 0 Å². The Bertz CT molecular complexity index is 999. The molecular weight excluding hydrogens is 374 g/mol. The van der Waals surface area contributed by atoms with Crippen molar-refractivity contribution in [2.24, 2.45) is 0 Å². The van der Waals surface area contributed by atoms with Gasteiger partial charge in [0, 0.05) is 12.5 Å². The lowest BCUT2D eigenvalue weighted by molar-refractivity contribution is 0.0147. The highest BCUT2D eigenvalue weighted by molar-refractivity contribution is 7.18. The first-order valence-electron chi connectivity index (χ1n) is 9.53. The van der Waals surface area contributed by atoms with Gasteiger partial charge in [0.2, 0.25) is 0 Å². The zero-order chi connectivity index (χ0) is 19.1. The summed E-state index contributed by atoms with van der Waals surface area (Å²) in [5.74, 6) is 1.17. The zero-order valence-corrected chi connectivity index (χ0v) is 16.4. The van der Waals surface area contributed by atoms with Crippen molar-refractivity contribution < 1.29 is 9.53 Å². The average molecular weight is 395 g/mol. The third-order valence-electron chi connectivity index (χ3n) is 5.13. The molecular formula is C20H21N5O2S. The predicted molar refractivity (Wildman–Crippen MR) is 108 cm³/mol. The minimum Gasteiger partial charge on any atom is -0.377 e. The molecule has 2 fully saturated rings. The van der Waals surface area contributed by atoms with Gasteiger partial charge in [-0.05, 0) is 31.9 Å². The van der Waals surface area contributed by atoms with Crippen molar-refractivity contribution in [3.05, 3.63) is 47.0 Å². The summed E-state index contributed by atoms with van der Waals surface area (Å²) in [4.78, 5) is 28.5. The van der Waals surface area contributed by atoms with Crippen molar-refractivity contribution in [2.45, 2.75) is 31.7 Å². The molecule has 1 saturated heterocycles. The number of carbonyl (C=O) groups excluding carboxylic acids is 1. The number of ether oxygens (including phenoxy) is 1. The number of para-hydroxylation sites is 1. The summed E-state index contributed by atoms with van der Waals surface area (Å²) in [6.07, 6.45) is 3.96. The summed E-state index contributed by atoms with van der Waals surface area (Å²) in [6.45, 7) is 3.38. The molecule has 0 spiro atoms. The normalized spacial score (nSPS) is 19.8. The van der Waals surface area contributed by atoms with E-state index in [2.05, 4.69) is 21.4 Å². The van der Waals surface area contributed by atoms with Crippen LogP contribution in [0.15, 0.2) is 30.5 Å². The van der Waals surface area contributed by atoms with Gasteiger partial charge in [-0.2, -0.15) is 0 Å². The molecule has 144 valence electrons. The van der Waals surface area contributed by atoms with Crippen LogP contribution in [0.3, 0.4) is 0 Å². The van der Waals surface area contributed by atoms with E-state index in [9.17, 15) is 4.79 Å². The van der Waals surface area contributed by atoms with Gasteiger partial charge in [0.1, 0.15) is 16.9 Å². The number of hydrogen-bond donors (Lipinski definition) is 1. The summed E-state index contributed by atoms with van der Waals surface area (Å²) in [5.41, 5.74) is 2.62. The number of aromatic nitrogens is 3. The van der Waals surface area contributed by atoms with E-state index in [0.29, 0.717) is 31.4 Å². The van der Waals surface area contributed by atoms with Crippen LogP contribution >= 0.6 is 11.3 Å². The number of amides is 2. The van der Waals surface area contributed by atoms with E-state index < -0.39 is 0 Å². The van der Waals surface area contributed by atoms with Gasteiger partial charge in [-0.3, -0.25) is 0 Å². The summed E-state index contributed by atoms with van der Waals surface area (Å²) in [7, 11) is 0. The number of benzene rings is 1. The van der Waals surface area contributed by atoms with E-state index in [1.165, 1.54) is 0 Å². The standard InChI is InChI=1S/C20H21N5O2S/c1-12-21-10-15(18(22-12)13-6-7-13)24-20(26)25-8-9-27-11-16(25)19-23-14-4-2-3-5-17(14)28-19/h2-5,10,13,16H,6-9,11H2,1H3,(H,24,26). The fourth-order valence-corrected chi connectivity index (χ4v) is 4.59. The topological polar surface area (TPSA) is 80.2 Å². The van der Waals surface area contributed by atoms with E-state index in [0.717, 1.165) is 39.6 Å². The second-order valence-electron chi connectivity index (χ2n) is 7.22. The minimum absolute atomic E-state index is 0.151. The van der Waals surface area contributed by atoms with Crippen LogP contribution in [0.25, 0.3) is 10.2 Å². The molecule has 1 aliphatic heterocycles. The third kappa shape index (κ3) is 3.33. The lowest BCUT2D eigenvalue weighted by atomic mass is 10.2. The molecule has 5 rings (SSSR count). The second kappa shape index (κ2) is 7.10. The number of carbonyl (C=O) groups is 1. The molecule has 1 unspecified atom stereocenters. The largest absolute Gasteiger partial charge is 0.377 e. The van der Waals surface area contributed by atoms with Crippen LogP contribution in [0.2, 0.25) is 0 Å². The highest BCUT2D eigenvalue weighted by Gasteiger charge is 2.33. The van der Waals surface area contributed by atoms with Gasteiger partial charge in [-0.1, -0.05) is 12.1 Å². The maximum absolute atomic E-state index is 13.1. The Morgan fingerprint density at radius 1 is 1.29 bits per heavy atom. The molecule has 2 aromatic heterocycles. The number of nitrogens with zero attached hydrogens (tertiary/aromatic N) is 4. The maximum atomic E-state index is 13.1. The Balaban J connectivity index is 1.41. The predicted octanol–water partition coefficient (Wildman–Crippen LogP) is 3.88. The van der Waals surface area contributed by atoms with Gasteiger partial charge in [-0.15, -0.1) is 11.3 Å². The summed E-state index contributed by atoms with van der Waals surface area (Å²) < 4.78 is 6.79. The Labute approximate surface area is 166 Å². The number of rotatable bonds is 3. The molecule has 1 atom stereocenters. The van der Waals surface area contributed by atoms with Crippen molar-refractivity contribution in [2.75, 3.05) is 25.1 Å². The average Bonchev–Trinajstić information content (AvgIpc) is 3.47. The fourth-order valence-electron chi connectivity index (χ4n) is 3.52. The lowest BCUT2D eigenvalue weighted by Crippen LogP contribution is -2.45. The zero-order valence-electron chi connectivity index (χ0n) is 15.6.